The zero-order valence-corrected chi connectivity index (χ0v) is 12.4. The molecule has 0 aliphatic carbocycles. The highest BCUT2D eigenvalue weighted by Crippen LogP contribution is 2.19. The lowest BCUT2D eigenvalue weighted by atomic mass is 9.78. The molecule has 110 valence electrons. The zero-order valence-electron chi connectivity index (χ0n) is 12.4. The number of likely N-dealkylation sites (tertiary alicyclic amines) is 1. The standard InChI is InChI=1S/C15H24BNO3/c1-12-4-3-8-17(9-7-12)11-13-5-6-15(20-2)14(10-13)16(18)19/h5-6,10,12,18-19H,3-4,7-9,11H2,1-2H3. The molecule has 1 aliphatic heterocycles. The van der Waals surface area contributed by atoms with Crippen LogP contribution in [0.3, 0.4) is 0 Å². The predicted molar refractivity (Wildman–Crippen MR) is 81.1 cm³/mol. The lowest BCUT2D eigenvalue weighted by Gasteiger charge is -2.21. The summed E-state index contributed by atoms with van der Waals surface area (Å²) in [5.74, 6) is 1.33. The second-order valence-corrected chi connectivity index (χ2v) is 5.76. The molecule has 4 nitrogen and oxygen atoms in total. The normalized spacial score (nSPS) is 20.5. The minimum absolute atomic E-state index is 0.438. The van der Waals surface area contributed by atoms with Crippen molar-refractivity contribution in [1.82, 2.24) is 4.90 Å². The summed E-state index contributed by atoms with van der Waals surface area (Å²) in [4.78, 5) is 2.44. The SMILES string of the molecule is COc1ccc(CN2CCCC(C)CC2)cc1B(O)O. The van der Waals surface area contributed by atoms with E-state index in [-0.39, 0.29) is 0 Å². The first kappa shape index (κ1) is 15.4. The summed E-state index contributed by atoms with van der Waals surface area (Å²) in [6, 6.07) is 5.64. The first-order valence-corrected chi connectivity index (χ1v) is 7.35. The Morgan fingerprint density at radius 2 is 2.10 bits per heavy atom. The maximum Gasteiger partial charge on any atom is 0.492 e. The molecule has 1 aromatic carbocycles. The number of methoxy groups -OCH3 is 1. The highest BCUT2D eigenvalue weighted by Gasteiger charge is 2.19. The van der Waals surface area contributed by atoms with Gasteiger partial charge in [-0.25, -0.2) is 0 Å². The Morgan fingerprint density at radius 3 is 2.80 bits per heavy atom. The number of ether oxygens (including phenoxy) is 1. The van der Waals surface area contributed by atoms with Crippen molar-refractivity contribution < 1.29 is 14.8 Å². The maximum absolute atomic E-state index is 9.41. The fraction of sp³-hybridized carbons (Fsp3) is 0.600. The highest BCUT2D eigenvalue weighted by atomic mass is 16.5. The number of hydrogen-bond acceptors (Lipinski definition) is 4. The fourth-order valence-corrected chi connectivity index (χ4v) is 2.82. The monoisotopic (exact) mass is 277 g/mol. The summed E-state index contributed by atoms with van der Waals surface area (Å²) in [6.45, 7) is 5.41. The van der Waals surface area contributed by atoms with Gasteiger partial charge in [-0.05, 0) is 49.9 Å². The van der Waals surface area contributed by atoms with Crippen molar-refractivity contribution in [2.24, 2.45) is 5.92 Å². The van der Waals surface area contributed by atoms with Gasteiger partial charge in [0.1, 0.15) is 5.75 Å². The van der Waals surface area contributed by atoms with Gasteiger partial charge in [0.15, 0.2) is 0 Å². The number of hydrogen-bond donors (Lipinski definition) is 2. The van der Waals surface area contributed by atoms with Crippen LogP contribution in [0.1, 0.15) is 31.7 Å². The van der Waals surface area contributed by atoms with E-state index in [4.69, 9.17) is 4.74 Å². The molecule has 0 spiro atoms. The van der Waals surface area contributed by atoms with Crippen LogP contribution in [0.4, 0.5) is 0 Å². The molecule has 0 saturated carbocycles. The van der Waals surface area contributed by atoms with Gasteiger partial charge in [0.05, 0.1) is 7.11 Å². The number of benzene rings is 1. The molecule has 20 heavy (non-hydrogen) atoms. The Kier molecular flexibility index (Phi) is 5.46. The lowest BCUT2D eigenvalue weighted by molar-refractivity contribution is 0.273. The first-order valence-electron chi connectivity index (χ1n) is 7.35. The molecule has 1 unspecified atom stereocenters. The van der Waals surface area contributed by atoms with Gasteiger partial charge in [0.25, 0.3) is 0 Å². The topological polar surface area (TPSA) is 52.9 Å². The molecule has 1 heterocycles. The van der Waals surface area contributed by atoms with Crippen LogP contribution < -0.4 is 10.2 Å². The second-order valence-electron chi connectivity index (χ2n) is 5.76. The zero-order chi connectivity index (χ0) is 14.5. The van der Waals surface area contributed by atoms with Crippen LogP contribution >= 0.6 is 0 Å². The van der Waals surface area contributed by atoms with Gasteiger partial charge in [-0.1, -0.05) is 19.1 Å². The average Bonchev–Trinajstić information content (AvgIpc) is 2.63. The van der Waals surface area contributed by atoms with Crippen molar-refractivity contribution in [2.75, 3.05) is 20.2 Å². The third-order valence-corrected chi connectivity index (χ3v) is 4.09. The van der Waals surface area contributed by atoms with Crippen molar-refractivity contribution in [3.05, 3.63) is 23.8 Å². The van der Waals surface area contributed by atoms with Gasteiger partial charge in [-0.3, -0.25) is 4.90 Å². The van der Waals surface area contributed by atoms with E-state index < -0.39 is 7.12 Å². The molecule has 5 heteroatoms. The molecular formula is C15H24BNO3. The van der Waals surface area contributed by atoms with E-state index in [2.05, 4.69) is 11.8 Å². The molecule has 0 radical (unpaired) electrons. The summed E-state index contributed by atoms with van der Waals surface area (Å²) < 4.78 is 5.15. The van der Waals surface area contributed by atoms with Crippen LogP contribution in [0, 0.1) is 5.92 Å². The quantitative estimate of drug-likeness (QED) is 0.806. The Balaban J connectivity index is 2.07. The summed E-state index contributed by atoms with van der Waals surface area (Å²) in [5, 5.41) is 18.8. The molecule has 0 bridgehead atoms. The lowest BCUT2D eigenvalue weighted by Crippen LogP contribution is -2.32. The molecular weight excluding hydrogens is 253 g/mol. The van der Waals surface area contributed by atoms with Crippen LogP contribution in [0.5, 0.6) is 5.75 Å². The van der Waals surface area contributed by atoms with Gasteiger partial charge in [0.2, 0.25) is 0 Å². The predicted octanol–water partition coefficient (Wildman–Crippen LogP) is 0.997. The summed E-state index contributed by atoms with van der Waals surface area (Å²) in [7, 11) is 0.0472. The van der Waals surface area contributed by atoms with Crippen LogP contribution in [0.15, 0.2) is 18.2 Å². The molecule has 1 aliphatic rings. The Labute approximate surface area is 121 Å². The molecule has 0 amide bonds. The molecule has 1 aromatic rings. The van der Waals surface area contributed by atoms with Gasteiger partial charge in [-0.15, -0.1) is 0 Å². The molecule has 0 aromatic heterocycles. The van der Waals surface area contributed by atoms with E-state index in [0.29, 0.717) is 11.2 Å². The largest absolute Gasteiger partial charge is 0.497 e. The molecule has 1 fully saturated rings. The van der Waals surface area contributed by atoms with Gasteiger partial charge >= 0.3 is 7.12 Å². The van der Waals surface area contributed by atoms with Gasteiger partial charge < -0.3 is 14.8 Å². The second kappa shape index (κ2) is 7.11. The molecule has 2 N–H and O–H groups in total. The Bertz CT molecular complexity index is 439. The first-order chi connectivity index (χ1) is 9.60. The number of rotatable bonds is 4. The molecule has 1 saturated heterocycles. The summed E-state index contributed by atoms with van der Waals surface area (Å²) in [5.41, 5.74) is 1.54. The van der Waals surface area contributed by atoms with Crippen LogP contribution in [0.2, 0.25) is 0 Å². The summed E-state index contributed by atoms with van der Waals surface area (Å²) in [6.07, 6.45) is 3.79. The smallest absolute Gasteiger partial charge is 0.492 e. The van der Waals surface area contributed by atoms with Crippen molar-refractivity contribution >= 4 is 12.6 Å². The third kappa shape index (κ3) is 3.98. The Morgan fingerprint density at radius 1 is 1.30 bits per heavy atom. The van der Waals surface area contributed by atoms with Crippen molar-refractivity contribution in [1.29, 1.82) is 0 Å². The van der Waals surface area contributed by atoms with E-state index in [1.807, 2.05) is 18.2 Å². The minimum atomic E-state index is -1.49. The van der Waals surface area contributed by atoms with Crippen LogP contribution in [-0.4, -0.2) is 42.3 Å². The Hall–Kier alpha value is -1.04. The van der Waals surface area contributed by atoms with Crippen molar-refractivity contribution in [3.8, 4) is 5.75 Å². The van der Waals surface area contributed by atoms with Crippen LogP contribution in [0.25, 0.3) is 0 Å². The molecule has 2 rings (SSSR count). The fourth-order valence-electron chi connectivity index (χ4n) is 2.82. The van der Waals surface area contributed by atoms with E-state index in [1.54, 1.807) is 0 Å². The van der Waals surface area contributed by atoms with Crippen molar-refractivity contribution in [3.63, 3.8) is 0 Å². The van der Waals surface area contributed by atoms with Gasteiger partial charge in [0, 0.05) is 12.0 Å². The molecule has 1 atom stereocenters. The van der Waals surface area contributed by atoms with Gasteiger partial charge in [-0.2, -0.15) is 0 Å². The highest BCUT2D eigenvalue weighted by molar-refractivity contribution is 6.59. The van der Waals surface area contributed by atoms with Crippen LogP contribution in [-0.2, 0) is 6.54 Å². The van der Waals surface area contributed by atoms with E-state index >= 15 is 0 Å². The minimum Gasteiger partial charge on any atom is -0.497 e. The van der Waals surface area contributed by atoms with Crippen molar-refractivity contribution in [2.45, 2.75) is 32.7 Å². The van der Waals surface area contributed by atoms with E-state index in [9.17, 15) is 10.0 Å². The summed E-state index contributed by atoms with van der Waals surface area (Å²) >= 11 is 0. The van der Waals surface area contributed by atoms with E-state index in [0.717, 1.165) is 31.1 Å². The average molecular weight is 277 g/mol. The third-order valence-electron chi connectivity index (χ3n) is 4.09. The maximum atomic E-state index is 9.41. The number of nitrogens with zero attached hydrogens (tertiary/aromatic N) is 1. The van der Waals surface area contributed by atoms with E-state index in [1.165, 1.54) is 26.4 Å².